The molecule has 1 amide bonds. The fourth-order valence-electron chi connectivity index (χ4n) is 4.86. The molecule has 4 nitrogen and oxygen atoms in total. The van der Waals surface area contributed by atoms with Gasteiger partial charge in [0.05, 0.1) is 5.56 Å². The van der Waals surface area contributed by atoms with Crippen LogP contribution >= 0.6 is 0 Å². The Bertz CT molecular complexity index is 739. The van der Waals surface area contributed by atoms with Gasteiger partial charge in [-0.05, 0) is 67.7 Å². The van der Waals surface area contributed by atoms with Crippen molar-refractivity contribution < 1.29 is 9.18 Å². The summed E-state index contributed by atoms with van der Waals surface area (Å²) in [4.78, 5) is 15.1. The quantitative estimate of drug-likeness (QED) is 0.882. The van der Waals surface area contributed by atoms with Crippen molar-refractivity contribution >= 4 is 5.91 Å². The minimum Gasteiger partial charge on any atom is -0.356 e. The van der Waals surface area contributed by atoms with Crippen LogP contribution in [0.3, 0.4) is 0 Å². The zero-order chi connectivity index (χ0) is 18.1. The number of nitrogens with zero attached hydrogens (tertiary/aromatic N) is 2. The third-order valence-corrected chi connectivity index (χ3v) is 6.51. The van der Waals surface area contributed by atoms with E-state index in [0.29, 0.717) is 12.5 Å². The van der Waals surface area contributed by atoms with Crippen LogP contribution in [0.1, 0.15) is 49.7 Å². The highest BCUT2D eigenvalue weighted by Gasteiger charge is 2.50. The highest BCUT2D eigenvalue weighted by molar-refractivity contribution is 5.80. The van der Waals surface area contributed by atoms with Gasteiger partial charge in [-0.25, -0.2) is 4.39 Å². The molecule has 1 aromatic rings. The lowest BCUT2D eigenvalue weighted by atomic mass is 9.76. The van der Waals surface area contributed by atoms with E-state index in [-0.39, 0.29) is 22.8 Å². The van der Waals surface area contributed by atoms with E-state index in [0.717, 1.165) is 50.9 Å². The standard InChI is InChI=1S/C21H26FN3O/c22-19-6-5-16(10-17(19)11-23)13-25-9-8-21(14-25)7-1-2-18(21)20(26)24-12-15-3-4-15/h5-6,10,15,18H,1-4,7-9,12-14H2,(H,24,26). The van der Waals surface area contributed by atoms with Crippen LogP contribution in [0.5, 0.6) is 0 Å². The topological polar surface area (TPSA) is 56.1 Å². The van der Waals surface area contributed by atoms with Gasteiger partial charge in [0.2, 0.25) is 5.91 Å². The largest absolute Gasteiger partial charge is 0.356 e. The van der Waals surface area contributed by atoms with Crippen molar-refractivity contribution in [1.29, 1.82) is 5.26 Å². The predicted molar refractivity (Wildman–Crippen MR) is 96.5 cm³/mol. The molecular weight excluding hydrogens is 329 g/mol. The monoisotopic (exact) mass is 355 g/mol. The van der Waals surface area contributed by atoms with Crippen molar-refractivity contribution in [2.45, 2.75) is 45.1 Å². The Kier molecular flexibility index (Phi) is 4.71. The molecule has 0 aromatic heterocycles. The number of rotatable bonds is 5. The number of nitriles is 1. The van der Waals surface area contributed by atoms with E-state index >= 15 is 0 Å². The normalized spacial score (nSPS) is 28.4. The van der Waals surface area contributed by atoms with Crippen LogP contribution in [0, 0.1) is 34.4 Å². The van der Waals surface area contributed by atoms with E-state index < -0.39 is 5.82 Å². The average Bonchev–Trinajstić information content (AvgIpc) is 3.26. The van der Waals surface area contributed by atoms with Crippen LogP contribution in [0.2, 0.25) is 0 Å². The lowest BCUT2D eigenvalue weighted by molar-refractivity contribution is -0.128. The summed E-state index contributed by atoms with van der Waals surface area (Å²) in [5.41, 5.74) is 1.17. The summed E-state index contributed by atoms with van der Waals surface area (Å²) >= 11 is 0. The number of hydrogen-bond acceptors (Lipinski definition) is 3. The summed E-state index contributed by atoms with van der Waals surface area (Å²) < 4.78 is 13.5. The van der Waals surface area contributed by atoms with Crippen LogP contribution in [0.25, 0.3) is 0 Å². The van der Waals surface area contributed by atoms with E-state index in [1.165, 1.54) is 18.9 Å². The Labute approximate surface area is 154 Å². The second-order valence-electron chi connectivity index (χ2n) is 8.38. The second-order valence-corrected chi connectivity index (χ2v) is 8.38. The van der Waals surface area contributed by atoms with Crippen molar-refractivity contribution in [2.75, 3.05) is 19.6 Å². The first-order chi connectivity index (χ1) is 12.6. The first-order valence-corrected chi connectivity index (χ1v) is 9.78. The maximum absolute atomic E-state index is 13.5. The molecular formula is C21H26FN3O. The van der Waals surface area contributed by atoms with E-state index in [2.05, 4.69) is 10.2 Å². The molecule has 3 aliphatic rings. The van der Waals surface area contributed by atoms with Gasteiger partial charge in [-0.1, -0.05) is 12.5 Å². The molecule has 0 bridgehead atoms. The third kappa shape index (κ3) is 3.48. The Morgan fingerprint density at radius 1 is 1.35 bits per heavy atom. The second kappa shape index (κ2) is 7.00. The third-order valence-electron chi connectivity index (χ3n) is 6.51. The number of carbonyl (C=O) groups is 1. The highest BCUT2D eigenvalue weighted by Crippen LogP contribution is 2.50. The summed E-state index contributed by atoms with van der Waals surface area (Å²) in [6, 6.07) is 6.70. The lowest BCUT2D eigenvalue weighted by Gasteiger charge is -2.31. The minimum absolute atomic E-state index is 0.103. The van der Waals surface area contributed by atoms with Gasteiger partial charge < -0.3 is 5.32 Å². The smallest absolute Gasteiger partial charge is 0.223 e. The molecule has 2 atom stereocenters. The Morgan fingerprint density at radius 3 is 2.96 bits per heavy atom. The molecule has 2 saturated carbocycles. The fraction of sp³-hybridized carbons (Fsp3) is 0.619. The molecule has 5 heteroatoms. The van der Waals surface area contributed by atoms with Gasteiger partial charge in [0, 0.05) is 25.6 Å². The Balaban J connectivity index is 1.40. The number of likely N-dealkylation sites (tertiary alicyclic amines) is 1. The molecule has 1 aliphatic heterocycles. The van der Waals surface area contributed by atoms with Gasteiger partial charge in [-0.2, -0.15) is 5.26 Å². The van der Waals surface area contributed by atoms with E-state index in [1.807, 2.05) is 6.07 Å². The lowest BCUT2D eigenvalue weighted by Crippen LogP contribution is -2.41. The van der Waals surface area contributed by atoms with Crippen molar-refractivity contribution in [1.82, 2.24) is 10.2 Å². The van der Waals surface area contributed by atoms with Gasteiger partial charge in [0.1, 0.15) is 11.9 Å². The maximum atomic E-state index is 13.5. The average molecular weight is 355 g/mol. The number of benzene rings is 1. The molecule has 1 spiro atoms. The number of carbonyl (C=O) groups excluding carboxylic acids is 1. The first-order valence-electron chi connectivity index (χ1n) is 9.78. The van der Waals surface area contributed by atoms with E-state index in [4.69, 9.17) is 5.26 Å². The van der Waals surface area contributed by atoms with Crippen molar-refractivity contribution in [3.8, 4) is 6.07 Å². The summed E-state index contributed by atoms with van der Waals surface area (Å²) in [7, 11) is 0. The molecule has 1 heterocycles. The maximum Gasteiger partial charge on any atom is 0.223 e. The van der Waals surface area contributed by atoms with Crippen LogP contribution in [-0.2, 0) is 11.3 Å². The van der Waals surface area contributed by atoms with Crippen LogP contribution in [-0.4, -0.2) is 30.4 Å². The molecule has 4 rings (SSSR count). The molecule has 2 aliphatic carbocycles. The summed E-state index contributed by atoms with van der Waals surface area (Å²) in [6.07, 6.45) is 6.82. The summed E-state index contributed by atoms with van der Waals surface area (Å²) in [6.45, 7) is 3.45. The predicted octanol–water partition coefficient (Wildman–Crippen LogP) is 3.22. The Hall–Kier alpha value is -1.93. The van der Waals surface area contributed by atoms with Crippen molar-refractivity contribution in [2.24, 2.45) is 17.3 Å². The van der Waals surface area contributed by atoms with Gasteiger partial charge in [0.25, 0.3) is 0 Å². The number of amides is 1. The summed E-state index contributed by atoms with van der Waals surface area (Å²) in [5, 5.41) is 12.2. The zero-order valence-corrected chi connectivity index (χ0v) is 15.1. The minimum atomic E-state index is -0.461. The molecule has 1 aromatic carbocycles. The number of hydrogen-bond donors (Lipinski definition) is 1. The fourth-order valence-corrected chi connectivity index (χ4v) is 4.86. The van der Waals surface area contributed by atoms with E-state index in [9.17, 15) is 9.18 Å². The molecule has 138 valence electrons. The van der Waals surface area contributed by atoms with Gasteiger partial charge >= 0.3 is 0 Å². The molecule has 1 N–H and O–H groups in total. The summed E-state index contributed by atoms with van der Waals surface area (Å²) in [5.74, 6) is 0.639. The van der Waals surface area contributed by atoms with Crippen molar-refractivity contribution in [3.05, 3.63) is 35.1 Å². The van der Waals surface area contributed by atoms with Gasteiger partial charge in [-0.15, -0.1) is 0 Å². The molecule has 1 saturated heterocycles. The van der Waals surface area contributed by atoms with Gasteiger partial charge in [0.15, 0.2) is 0 Å². The zero-order valence-electron chi connectivity index (χ0n) is 15.1. The SMILES string of the molecule is N#Cc1cc(CN2CCC3(CCCC3C(=O)NCC3CC3)C2)ccc1F. The number of nitrogens with one attached hydrogen (secondary N) is 1. The molecule has 0 radical (unpaired) electrons. The van der Waals surface area contributed by atoms with Crippen LogP contribution < -0.4 is 5.32 Å². The molecule has 26 heavy (non-hydrogen) atoms. The van der Waals surface area contributed by atoms with Crippen LogP contribution in [0.4, 0.5) is 4.39 Å². The molecule has 3 fully saturated rings. The van der Waals surface area contributed by atoms with Crippen molar-refractivity contribution in [3.63, 3.8) is 0 Å². The molecule has 2 unspecified atom stereocenters. The van der Waals surface area contributed by atoms with Crippen LogP contribution in [0.15, 0.2) is 18.2 Å². The van der Waals surface area contributed by atoms with Gasteiger partial charge in [-0.3, -0.25) is 9.69 Å². The Morgan fingerprint density at radius 2 is 2.19 bits per heavy atom. The van der Waals surface area contributed by atoms with E-state index in [1.54, 1.807) is 12.1 Å². The highest BCUT2D eigenvalue weighted by atomic mass is 19.1. The first kappa shape index (κ1) is 17.5. The number of halogens is 1.